The lowest BCUT2D eigenvalue weighted by atomic mass is 10.3. The third-order valence-corrected chi connectivity index (χ3v) is 3.90. The Labute approximate surface area is 94.1 Å². The molecule has 0 atom stereocenters. The van der Waals surface area contributed by atoms with E-state index in [0.717, 1.165) is 6.07 Å². The first-order valence-electron chi connectivity index (χ1n) is 4.77. The van der Waals surface area contributed by atoms with Crippen LogP contribution in [-0.4, -0.2) is 27.8 Å². The van der Waals surface area contributed by atoms with E-state index in [2.05, 4.69) is 0 Å². The molecule has 4 nitrogen and oxygen atoms in total. The number of nitrogens with two attached hydrogens (primary N) is 1. The fourth-order valence-corrected chi connectivity index (χ4v) is 2.57. The SMILES string of the molecule is COc1ccc(S(=O)(=O)CCCN)cc1F. The van der Waals surface area contributed by atoms with Crippen molar-refractivity contribution in [3.05, 3.63) is 24.0 Å². The summed E-state index contributed by atoms with van der Waals surface area (Å²) < 4.78 is 41.4. The van der Waals surface area contributed by atoms with Gasteiger partial charge in [-0.05, 0) is 31.2 Å². The normalized spacial score (nSPS) is 11.4. The van der Waals surface area contributed by atoms with Gasteiger partial charge in [-0.2, -0.15) is 0 Å². The third-order valence-electron chi connectivity index (χ3n) is 2.10. The van der Waals surface area contributed by atoms with Crippen LogP contribution in [0.4, 0.5) is 4.39 Å². The second kappa shape index (κ2) is 5.27. The molecule has 0 aliphatic rings. The van der Waals surface area contributed by atoms with Crippen molar-refractivity contribution in [1.29, 1.82) is 0 Å². The first-order valence-corrected chi connectivity index (χ1v) is 6.43. The van der Waals surface area contributed by atoms with Gasteiger partial charge >= 0.3 is 0 Å². The summed E-state index contributed by atoms with van der Waals surface area (Å²) in [6.07, 6.45) is 0.357. The molecule has 1 aromatic rings. The number of hydrogen-bond acceptors (Lipinski definition) is 4. The number of methoxy groups -OCH3 is 1. The summed E-state index contributed by atoms with van der Waals surface area (Å²) in [6.45, 7) is 0.290. The molecule has 0 saturated heterocycles. The minimum Gasteiger partial charge on any atom is -0.494 e. The molecular weight excluding hydrogens is 233 g/mol. The van der Waals surface area contributed by atoms with Crippen molar-refractivity contribution >= 4 is 9.84 Å². The molecule has 90 valence electrons. The van der Waals surface area contributed by atoms with E-state index in [9.17, 15) is 12.8 Å². The van der Waals surface area contributed by atoms with Crippen molar-refractivity contribution in [2.75, 3.05) is 19.4 Å². The van der Waals surface area contributed by atoms with E-state index in [1.165, 1.54) is 19.2 Å². The average molecular weight is 247 g/mol. The van der Waals surface area contributed by atoms with Crippen molar-refractivity contribution in [2.45, 2.75) is 11.3 Å². The van der Waals surface area contributed by atoms with Crippen molar-refractivity contribution in [1.82, 2.24) is 0 Å². The molecule has 0 aliphatic heterocycles. The van der Waals surface area contributed by atoms with Crippen LogP contribution >= 0.6 is 0 Å². The summed E-state index contributed by atoms with van der Waals surface area (Å²) in [6, 6.07) is 3.59. The number of rotatable bonds is 5. The molecule has 6 heteroatoms. The summed E-state index contributed by atoms with van der Waals surface area (Å²) in [5, 5.41) is 0. The van der Waals surface area contributed by atoms with Crippen LogP contribution < -0.4 is 10.5 Å². The number of sulfone groups is 1. The Hall–Kier alpha value is -1.14. The maximum atomic E-state index is 13.3. The molecule has 0 radical (unpaired) electrons. The molecule has 16 heavy (non-hydrogen) atoms. The first kappa shape index (κ1) is 12.9. The molecule has 0 aliphatic carbocycles. The Kier molecular flexibility index (Phi) is 4.26. The minimum absolute atomic E-state index is 0.0257. The predicted octanol–water partition coefficient (Wildman–Crippen LogP) is 0.957. The largest absolute Gasteiger partial charge is 0.494 e. The van der Waals surface area contributed by atoms with Crippen LogP contribution in [0.2, 0.25) is 0 Å². The zero-order valence-electron chi connectivity index (χ0n) is 8.94. The highest BCUT2D eigenvalue weighted by atomic mass is 32.2. The summed E-state index contributed by atoms with van der Waals surface area (Å²) in [5.74, 6) is -0.732. The molecule has 0 unspecified atom stereocenters. The average Bonchev–Trinajstić information content (AvgIpc) is 2.26. The molecule has 0 spiro atoms. The zero-order valence-corrected chi connectivity index (χ0v) is 9.76. The van der Waals surface area contributed by atoms with Crippen molar-refractivity contribution in [3.8, 4) is 5.75 Å². The maximum absolute atomic E-state index is 13.3. The molecular formula is C10H14FNO3S. The first-order chi connectivity index (χ1) is 7.51. The fourth-order valence-electron chi connectivity index (χ4n) is 1.23. The molecule has 0 amide bonds. The van der Waals surface area contributed by atoms with Gasteiger partial charge in [-0.25, -0.2) is 12.8 Å². The Morgan fingerprint density at radius 2 is 2.12 bits per heavy atom. The molecule has 0 fully saturated rings. The van der Waals surface area contributed by atoms with Crippen LogP contribution in [0.5, 0.6) is 5.75 Å². The maximum Gasteiger partial charge on any atom is 0.178 e. The molecule has 1 rings (SSSR count). The number of hydrogen-bond donors (Lipinski definition) is 1. The van der Waals surface area contributed by atoms with Crippen molar-refractivity contribution in [3.63, 3.8) is 0 Å². The van der Waals surface area contributed by atoms with Gasteiger partial charge in [0.2, 0.25) is 0 Å². The standard InChI is InChI=1S/C10H14FNO3S/c1-15-10-4-3-8(7-9(10)11)16(13,14)6-2-5-12/h3-4,7H,2,5-6,12H2,1H3. The Balaban J connectivity index is 3.01. The van der Waals surface area contributed by atoms with Gasteiger partial charge in [-0.3, -0.25) is 0 Å². The molecule has 0 aromatic heterocycles. The van der Waals surface area contributed by atoms with Gasteiger partial charge in [0, 0.05) is 0 Å². The predicted molar refractivity (Wildman–Crippen MR) is 58.7 cm³/mol. The number of benzene rings is 1. The van der Waals surface area contributed by atoms with E-state index in [4.69, 9.17) is 10.5 Å². The number of ether oxygens (including phenoxy) is 1. The lowest BCUT2D eigenvalue weighted by molar-refractivity contribution is 0.385. The van der Waals surface area contributed by atoms with E-state index in [0.29, 0.717) is 6.42 Å². The Morgan fingerprint density at radius 1 is 1.44 bits per heavy atom. The van der Waals surface area contributed by atoms with E-state index >= 15 is 0 Å². The van der Waals surface area contributed by atoms with Gasteiger partial charge in [0.1, 0.15) is 0 Å². The lowest BCUT2D eigenvalue weighted by Gasteiger charge is -2.06. The summed E-state index contributed by atoms with van der Waals surface area (Å²) in [7, 11) is -2.13. The minimum atomic E-state index is -3.45. The Morgan fingerprint density at radius 3 is 2.62 bits per heavy atom. The van der Waals surface area contributed by atoms with Gasteiger partial charge in [0.15, 0.2) is 21.4 Å². The molecule has 0 heterocycles. The van der Waals surface area contributed by atoms with Crippen LogP contribution in [-0.2, 0) is 9.84 Å². The molecule has 0 bridgehead atoms. The van der Waals surface area contributed by atoms with Crippen LogP contribution in [0.3, 0.4) is 0 Å². The molecule has 0 saturated carbocycles. The summed E-state index contributed by atoms with van der Waals surface area (Å²) in [5.41, 5.74) is 5.23. The quantitative estimate of drug-likeness (QED) is 0.841. The summed E-state index contributed by atoms with van der Waals surface area (Å²) >= 11 is 0. The van der Waals surface area contributed by atoms with Crippen LogP contribution in [0, 0.1) is 5.82 Å². The van der Waals surface area contributed by atoms with E-state index in [1.807, 2.05) is 0 Å². The van der Waals surface area contributed by atoms with E-state index in [-0.39, 0.29) is 22.9 Å². The van der Waals surface area contributed by atoms with Gasteiger partial charge < -0.3 is 10.5 Å². The second-order valence-electron chi connectivity index (χ2n) is 3.26. The van der Waals surface area contributed by atoms with Crippen molar-refractivity contribution in [2.24, 2.45) is 5.73 Å². The van der Waals surface area contributed by atoms with E-state index in [1.54, 1.807) is 0 Å². The monoisotopic (exact) mass is 247 g/mol. The third kappa shape index (κ3) is 2.93. The highest BCUT2D eigenvalue weighted by Crippen LogP contribution is 2.21. The van der Waals surface area contributed by atoms with Gasteiger partial charge in [0.25, 0.3) is 0 Å². The highest BCUT2D eigenvalue weighted by Gasteiger charge is 2.16. The smallest absolute Gasteiger partial charge is 0.178 e. The Bertz CT molecular complexity index is 459. The molecule has 2 N–H and O–H groups in total. The van der Waals surface area contributed by atoms with Gasteiger partial charge in [0.05, 0.1) is 17.8 Å². The zero-order chi connectivity index (χ0) is 12.2. The van der Waals surface area contributed by atoms with Crippen LogP contribution in [0.1, 0.15) is 6.42 Å². The fraction of sp³-hybridized carbons (Fsp3) is 0.400. The highest BCUT2D eigenvalue weighted by molar-refractivity contribution is 7.91. The lowest BCUT2D eigenvalue weighted by Crippen LogP contribution is -2.11. The van der Waals surface area contributed by atoms with Crippen LogP contribution in [0.15, 0.2) is 23.1 Å². The van der Waals surface area contributed by atoms with Crippen LogP contribution in [0.25, 0.3) is 0 Å². The topological polar surface area (TPSA) is 69.4 Å². The summed E-state index contributed by atoms with van der Waals surface area (Å²) in [4.78, 5) is -0.0424. The second-order valence-corrected chi connectivity index (χ2v) is 5.37. The van der Waals surface area contributed by atoms with Gasteiger partial charge in [-0.1, -0.05) is 0 Å². The van der Waals surface area contributed by atoms with E-state index < -0.39 is 15.7 Å². The molecule has 1 aromatic carbocycles. The van der Waals surface area contributed by atoms with Gasteiger partial charge in [-0.15, -0.1) is 0 Å². The number of halogens is 1. The van der Waals surface area contributed by atoms with Crippen molar-refractivity contribution < 1.29 is 17.5 Å².